The van der Waals surface area contributed by atoms with E-state index in [1.54, 1.807) is 0 Å². The maximum atomic E-state index is 12.5. The fourth-order valence-electron chi connectivity index (χ4n) is 2.84. The Morgan fingerprint density at radius 1 is 1.37 bits per heavy atom. The first-order chi connectivity index (χ1) is 9.11. The van der Waals surface area contributed by atoms with Gasteiger partial charge in [-0.25, -0.2) is 0 Å². The lowest BCUT2D eigenvalue weighted by molar-refractivity contribution is -0.135. The van der Waals surface area contributed by atoms with E-state index in [0.29, 0.717) is 6.54 Å². The topological polar surface area (TPSA) is 46.3 Å². The Morgan fingerprint density at radius 2 is 2.11 bits per heavy atom. The van der Waals surface area contributed by atoms with Gasteiger partial charge in [0.15, 0.2) is 0 Å². The molecular formula is C16H24N2O. The van der Waals surface area contributed by atoms with Crippen LogP contribution in [0.1, 0.15) is 37.3 Å². The monoisotopic (exact) mass is 260 g/mol. The molecule has 1 aromatic rings. The van der Waals surface area contributed by atoms with Gasteiger partial charge in [-0.1, -0.05) is 24.3 Å². The van der Waals surface area contributed by atoms with Crippen LogP contribution in [-0.2, 0) is 11.3 Å². The van der Waals surface area contributed by atoms with Gasteiger partial charge in [0.05, 0.1) is 0 Å². The molecular weight excluding hydrogens is 236 g/mol. The summed E-state index contributed by atoms with van der Waals surface area (Å²) in [6, 6.07) is 8.48. The summed E-state index contributed by atoms with van der Waals surface area (Å²) in [6.07, 6.45) is 2.78. The number of rotatable bonds is 4. The molecule has 1 saturated carbocycles. The van der Waals surface area contributed by atoms with Gasteiger partial charge in [-0.3, -0.25) is 4.79 Å². The van der Waals surface area contributed by atoms with Crippen molar-refractivity contribution in [3.05, 3.63) is 35.4 Å². The third-order valence-electron chi connectivity index (χ3n) is 4.14. The van der Waals surface area contributed by atoms with Crippen molar-refractivity contribution in [1.82, 2.24) is 4.90 Å². The highest BCUT2D eigenvalue weighted by Gasteiger charge is 2.30. The predicted octanol–water partition coefficient (Wildman–Crippen LogP) is 2.47. The first-order valence-corrected chi connectivity index (χ1v) is 7.20. The molecule has 0 heterocycles. The van der Waals surface area contributed by atoms with E-state index in [9.17, 15) is 4.79 Å². The summed E-state index contributed by atoms with van der Waals surface area (Å²) in [5.74, 6) is 0.415. The van der Waals surface area contributed by atoms with Crippen molar-refractivity contribution in [2.45, 2.75) is 45.7 Å². The Hall–Kier alpha value is -1.35. The average Bonchev–Trinajstić information content (AvgIpc) is 2.84. The van der Waals surface area contributed by atoms with Crippen molar-refractivity contribution < 1.29 is 4.79 Å². The van der Waals surface area contributed by atoms with Gasteiger partial charge in [0.25, 0.3) is 0 Å². The van der Waals surface area contributed by atoms with E-state index in [4.69, 9.17) is 5.73 Å². The molecule has 0 spiro atoms. The Balaban J connectivity index is 2.04. The third kappa shape index (κ3) is 3.35. The van der Waals surface area contributed by atoms with Crippen LogP contribution in [0.5, 0.6) is 0 Å². The first-order valence-electron chi connectivity index (χ1n) is 7.20. The van der Waals surface area contributed by atoms with Crippen molar-refractivity contribution in [2.75, 3.05) is 6.54 Å². The zero-order chi connectivity index (χ0) is 13.8. The number of hydrogen-bond donors (Lipinski definition) is 1. The van der Waals surface area contributed by atoms with Crippen LogP contribution in [0.2, 0.25) is 0 Å². The van der Waals surface area contributed by atoms with Gasteiger partial charge in [0, 0.05) is 25.0 Å². The second-order valence-electron chi connectivity index (χ2n) is 5.55. The summed E-state index contributed by atoms with van der Waals surface area (Å²) in [5, 5.41) is 0. The first kappa shape index (κ1) is 14.1. The molecule has 2 N–H and O–H groups in total. The molecule has 2 rings (SSSR count). The van der Waals surface area contributed by atoms with E-state index in [-0.39, 0.29) is 17.9 Å². The zero-order valence-electron chi connectivity index (χ0n) is 11.9. The standard InChI is InChI=1S/C16H24N2O/c1-3-18(11-14-7-5-4-6-12(14)2)16(19)13-8-9-15(17)10-13/h4-7,13,15H,3,8-11,17H2,1-2H3. The molecule has 104 valence electrons. The molecule has 3 heteroatoms. The molecule has 0 saturated heterocycles. The van der Waals surface area contributed by atoms with E-state index < -0.39 is 0 Å². The number of benzene rings is 1. The molecule has 1 fully saturated rings. The lowest BCUT2D eigenvalue weighted by Crippen LogP contribution is -2.35. The molecule has 1 aromatic carbocycles. The van der Waals surface area contributed by atoms with Gasteiger partial charge in [0.2, 0.25) is 5.91 Å². The van der Waals surface area contributed by atoms with Crippen LogP contribution in [-0.4, -0.2) is 23.4 Å². The second kappa shape index (κ2) is 6.20. The molecule has 0 aromatic heterocycles. The van der Waals surface area contributed by atoms with Crippen molar-refractivity contribution in [2.24, 2.45) is 11.7 Å². The molecule has 3 nitrogen and oxygen atoms in total. The van der Waals surface area contributed by atoms with Gasteiger partial charge in [-0.05, 0) is 44.2 Å². The van der Waals surface area contributed by atoms with E-state index >= 15 is 0 Å². The van der Waals surface area contributed by atoms with E-state index in [1.165, 1.54) is 11.1 Å². The molecule has 0 bridgehead atoms. The molecule has 1 aliphatic rings. The van der Waals surface area contributed by atoms with Gasteiger partial charge >= 0.3 is 0 Å². The van der Waals surface area contributed by atoms with Gasteiger partial charge in [-0.2, -0.15) is 0 Å². The summed E-state index contributed by atoms with van der Waals surface area (Å²) < 4.78 is 0. The highest BCUT2D eigenvalue weighted by atomic mass is 16.2. The van der Waals surface area contributed by atoms with Crippen LogP contribution >= 0.6 is 0 Å². The van der Waals surface area contributed by atoms with Crippen LogP contribution < -0.4 is 5.73 Å². The quantitative estimate of drug-likeness (QED) is 0.904. The molecule has 2 unspecified atom stereocenters. The Bertz CT molecular complexity index is 444. The summed E-state index contributed by atoms with van der Waals surface area (Å²) >= 11 is 0. The lowest BCUT2D eigenvalue weighted by Gasteiger charge is -2.25. The largest absolute Gasteiger partial charge is 0.338 e. The number of carbonyl (C=O) groups is 1. The Labute approximate surface area is 115 Å². The van der Waals surface area contributed by atoms with E-state index in [1.807, 2.05) is 24.0 Å². The van der Waals surface area contributed by atoms with E-state index in [0.717, 1.165) is 25.8 Å². The molecule has 19 heavy (non-hydrogen) atoms. The van der Waals surface area contributed by atoms with Crippen molar-refractivity contribution >= 4 is 5.91 Å². The maximum absolute atomic E-state index is 12.5. The summed E-state index contributed by atoms with van der Waals surface area (Å²) in [5.41, 5.74) is 8.39. The second-order valence-corrected chi connectivity index (χ2v) is 5.55. The van der Waals surface area contributed by atoms with Crippen LogP contribution in [0.15, 0.2) is 24.3 Å². The number of nitrogens with two attached hydrogens (primary N) is 1. The molecule has 1 amide bonds. The maximum Gasteiger partial charge on any atom is 0.226 e. The SMILES string of the molecule is CCN(Cc1ccccc1C)C(=O)C1CCC(N)C1. The number of nitrogens with zero attached hydrogens (tertiary/aromatic N) is 1. The van der Waals surface area contributed by atoms with Gasteiger partial charge < -0.3 is 10.6 Å². The Kier molecular flexibility index (Phi) is 4.59. The van der Waals surface area contributed by atoms with Crippen molar-refractivity contribution in [3.8, 4) is 0 Å². The molecule has 0 radical (unpaired) electrons. The van der Waals surface area contributed by atoms with Crippen LogP contribution in [0.25, 0.3) is 0 Å². The van der Waals surface area contributed by atoms with Crippen LogP contribution in [0, 0.1) is 12.8 Å². The van der Waals surface area contributed by atoms with Crippen LogP contribution in [0.3, 0.4) is 0 Å². The van der Waals surface area contributed by atoms with Crippen molar-refractivity contribution in [3.63, 3.8) is 0 Å². The number of aryl methyl sites for hydroxylation is 1. The zero-order valence-corrected chi connectivity index (χ0v) is 11.9. The summed E-state index contributed by atoms with van der Waals surface area (Å²) in [7, 11) is 0. The highest BCUT2D eigenvalue weighted by molar-refractivity contribution is 5.79. The minimum Gasteiger partial charge on any atom is -0.338 e. The lowest BCUT2D eigenvalue weighted by atomic mass is 10.0. The normalized spacial score (nSPS) is 22.5. The molecule has 1 aliphatic carbocycles. The van der Waals surface area contributed by atoms with E-state index in [2.05, 4.69) is 19.1 Å². The summed E-state index contributed by atoms with van der Waals surface area (Å²) in [6.45, 7) is 5.62. The van der Waals surface area contributed by atoms with Crippen molar-refractivity contribution in [1.29, 1.82) is 0 Å². The number of carbonyl (C=O) groups excluding carboxylic acids is 1. The number of hydrogen-bond acceptors (Lipinski definition) is 2. The average molecular weight is 260 g/mol. The molecule has 2 atom stereocenters. The fourth-order valence-corrected chi connectivity index (χ4v) is 2.84. The van der Waals surface area contributed by atoms with Gasteiger partial charge in [0.1, 0.15) is 0 Å². The van der Waals surface area contributed by atoms with Crippen LogP contribution in [0.4, 0.5) is 0 Å². The number of amides is 1. The summed E-state index contributed by atoms with van der Waals surface area (Å²) in [4.78, 5) is 14.5. The smallest absolute Gasteiger partial charge is 0.226 e. The minimum atomic E-state index is 0.138. The molecule has 0 aliphatic heterocycles. The minimum absolute atomic E-state index is 0.138. The van der Waals surface area contributed by atoms with Gasteiger partial charge in [-0.15, -0.1) is 0 Å². The highest BCUT2D eigenvalue weighted by Crippen LogP contribution is 2.26. The Morgan fingerprint density at radius 3 is 2.68 bits per heavy atom. The predicted molar refractivity (Wildman–Crippen MR) is 77.6 cm³/mol. The fraction of sp³-hybridized carbons (Fsp3) is 0.562. The third-order valence-corrected chi connectivity index (χ3v) is 4.14.